The van der Waals surface area contributed by atoms with Gasteiger partial charge in [-0.2, -0.15) is 0 Å². The topological polar surface area (TPSA) is 78.4 Å². The van der Waals surface area contributed by atoms with E-state index in [0.717, 1.165) is 44.0 Å². The van der Waals surface area contributed by atoms with Gasteiger partial charge >= 0.3 is 0 Å². The molecule has 0 saturated carbocycles. The summed E-state index contributed by atoms with van der Waals surface area (Å²) in [6.45, 7) is 9.79. The minimum atomic E-state index is -0.890. The molecule has 1 heterocycles. The number of halogens is 1. The molecule has 1 fully saturated rings. The van der Waals surface area contributed by atoms with Gasteiger partial charge < -0.3 is 25.2 Å². The largest absolute Gasteiger partial charge is 0.491 e. The molecule has 172 valence electrons. The fraction of sp³-hybridized carbons (Fsp3) is 0.522. The molecular formula is C23H35IN4O3. The molecule has 3 N–H and O–H groups in total. The van der Waals surface area contributed by atoms with Crippen LogP contribution in [0.4, 0.5) is 0 Å². The number of nitrogens with one attached hydrogen (secondary N) is 2. The molecule has 0 bridgehead atoms. The number of aliphatic imine (C=N–C) groups is 1. The van der Waals surface area contributed by atoms with E-state index in [9.17, 15) is 5.11 Å². The zero-order valence-corrected chi connectivity index (χ0v) is 20.8. The zero-order chi connectivity index (χ0) is 21.2. The van der Waals surface area contributed by atoms with E-state index in [1.54, 1.807) is 0 Å². The molecule has 2 aromatic rings. The van der Waals surface area contributed by atoms with E-state index < -0.39 is 5.60 Å². The first-order chi connectivity index (χ1) is 14.6. The van der Waals surface area contributed by atoms with E-state index in [4.69, 9.17) is 9.47 Å². The van der Waals surface area contributed by atoms with Gasteiger partial charge in [0.1, 0.15) is 12.4 Å². The quantitative estimate of drug-likeness (QED) is 0.196. The van der Waals surface area contributed by atoms with Crippen molar-refractivity contribution in [2.75, 3.05) is 59.1 Å². The van der Waals surface area contributed by atoms with Crippen LogP contribution < -0.4 is 15.4 Å². The highest BCUT2D eigenvalue weighted by molar-refractivity contribution is 14.0. The van der Waals surface area contributed by atoms with Gasteiger partial charge in [0.2, 0.25) is 0 Å². The third-order valence-electron chi connectivity index (χ3n) is 4.99. The van der Waals surface area contributed by atoms with Crippen LogP contribution in [0.3, 0.4) is 0 Å². The monoisotopic (exact) mass is 542 g/mol. The van der Waals surface area contributed by atoms with Gasteiger partial charge in [-0.3, -0.25) is 9.89 Å². The maximum Gasteiger partial charge on any atom is 0.191 e. The molecule has 0 spiro atoms. The van der Waals surface area contributed by atoms with Gasteiger partial charge in [-0.15, -0.1) is 24.0 Å². The van der Waals surface area contributed by atoms with Crippen LogP contribution >= 0.6 is 24.0 Å². The van der Waals surface area contributed by atoms with Crippen molar-refractivity contribution in [2.45, 2.75) is 19.4 Å². The second kappa shape index (κ2) is 13.0. The van der Waals surface area contributed by atoms with E-state index in [2.05, 4.69) is 38.7 Å². The van der Waals surface area contributed by atoms with Crippen molar-refractivity contribution < 1.29 is 14.6 Å². The lowest BCUT2D eigenvalue weighted by atomic mass is 10.1. The Morgan fingerprint density at radius 1 is 1.16 bits per heavy atom. The Labute approximate surface area is 202 Å². The summed E-state index contributed by atoms with van der Waals surface area (Å²) >= 11 is 0. The molecule has 0 radical (unpaired) electrons. The fourth-order valence-corrected chi connectivity index (χ4v) is 3.53. The summed E-state index contributed by atoms with van der Waals surface area (Å²) in [6.07, 6.45) is 0. The van der Waals surface area contributed by atoms with Crippen molar-refractivity contribution in [1.82, 2.24) is 15.5 Å². The van der Waals surface area contributed by atoms with Crippen LogP contribution in [0.1, 0.15) is 13.8 Å². The highest BCUT2D eigenvalue weighted by Crippen LogP contribution is 2.24. The van der Waals surface area contributed by atoms with Crippen LogP contribution in [0.5, 0.6) is 5.75 Å². The predicted molar refractivity (Wildman–Crippen MR) is 137 cm³/mol. The standard InChI is InChI=1S/C23H34N4O3.HI/c1-3-24-22(26-17-23(2,28)18-27-12-15-29-16-13-27)25-11-14-30-21-10-6-8-19-7-4-5-9-20(19)21;/h4-10,28H,3,11-18H2,1-2H3,(H2,24,25,26);1H. The minimum absolute atomic E-state index is 0. The molecule has 1 atom stereocenters. The van der Waals surface area contributed by atoms with Crippen molar-refractivity contribution in [1.29, 1.82) is 0 Å². The first-order valence-corrected chi connectivity index (χ1v) is 10.7. The minimum Gasteiger partial charge on any atom is -0.491 e. The lowest BCUT2D eigenvalue weighted by Gasteiger charge is -2.33. The van der Waals surface area contributed by atoms with Gasteiger partial charge in [-0.25, -0.2) is 0 Å². The summed E-state index contributed by atoms with van der Waals surface area (Å²) in [5.41, 5.74) is -0.890. The number of hydrogen-bond acceptors (Lipinski definition) is 5. The van der Waals surface area contributed by atoms with Crippen molar-refractivity contribution >= 4 is 40.7 Å². The molecule has 0 aliphatic carbocycles. The summed E-state index contributed by atoms with van der Waals surface area (Å²) in [7, 11) is 0. The van der Waals surface area contributed by atoms with Crippen LogP contribution in [0, 0.1) is 0 Å². The number of benzene rings is 2. The van der Waals surface area contributed by atoms with Crippen LogP contribution in [0.2, 0.25) is 0 Å². The van der Waals surface area contributed by atoms with Crippen molar-refractivity contribution in [3.63, 3.8) is 0 Å². The summed E-state index contributed by atoms with van der Waals surface area (Å²) in [5.74, 6) is 1.56. The first kappa shape index (κ1) is 25.6. The van der Waals surface area contributed by atoms with Gasteiger partial charge in [-0.05, 0) is 25.3 Å². The maximum absolute atomic E-state index is 10.7. The van der Waals surface area contributed by atoms with Gasteiger partial charge in [0.05, 0.1) is 31.9 Å². The molecule has 8 heteroatoms. The second-order valence-electron chi connectivity index (χ2n) is 7.83. The van der Waals surface area contributed by atoms with Gasteiger partial charge in [0.15, 0.2) is 5.96 Å². The first-order valence-electron chi connectivity index (χ1n) is 10.7. The van der Waals surface area contributed by atoms with Crippen LogP contribution in [-0.4, -0.2) is 80.7 Å². The highest BCUT2D eigenvalue weighted by Gasteiger charge is 2.25. The second-order valence-corrected chi connectivity index (χ2v) is 7.83. The number of morpholine rings is 1. The van der Waals surface area contributed by atoms with E-state index >= 15 is 0 Å². The number of β-amino-alcohol motifs (C(OH)–C–C–N with tert-alkyl or cyclic N) is 1. The number of ether oxygens (including phenoxy) is 2. The van der Waals surface area contributed by atoms with E-state index in [0.29, 0.717) is 32.2 Å². The number of guanidine groups is 1. The fourth-order valence-electron chi connectivity index (χ4n) is 3.53. The molecule has 1 aliphatic rings. The van der Waals surface area contributed by atoms with E-state index in [1.807, 2.05) is 38.1 Å². The van der Waals surface area contributed by atoms with E-state index in [1.165, 1.54) is 5.39 Å². The molecule has 1 unspecified atom stereocenters. The lowest BCUT2D eigenvalue weighted by molar-refractivity contribution is -0.0179. The maximum atomic E-state index is 10.7. The van der Waals surface area contributed by atoms with E-state index in [-0.39, 0.29) is 24.0 Å². The summed E-state index contributed by atoms with van der Waals surface area (Å²) in [5, 5.41) is 19.5. The molecule has 7 nitrogen and oxygen atoms in total. The Hall–Kier alpha value is -1.62. The zero-order valence-electron chi connectivity index (χ0n) is 18.5. The molecule has 0 aromatic heterocycles. The number of hydrogen-bond donors (Lipinski definition) is 3. The van der Waals surface area contributed by atoms with Crippen molar-refractivity contribution in [3.8, 4) is 5.75 Å². The molecule has 1 saturated heterocycles. The Kier molecular flexibility index (Phi) is 10.8. The number of nitrogens with zero attached hydrogens (tertiary/aromatic N) is 2. The lowest BCUT2D eigenvalue weighted by Crippen LogP contribution is -2.48. The predicted octanol–water partition coefficient (Wildman–Crippen LogP) is 2.47. The Morgan fingerprint density at radius 3 is 2.68 bits per heavy atom. The number of aliphatic hydroxyl groups is 1. The molecule has 1 aliphatic heterocycles. The van der Waals surface area contributed by atoms with Crippen LogP contribution in [0.15, 0.2) is 47.5 Å². The van der Waals surface area contributed by atoms with Crippen LogP contribution in [0.25, 0.3) is 10.8 Å². The molecule has 3 rings (SSSR count). The Morgan fingerprint density at radius 2 is 1.90 bits per heavy atom. The molecular weight excluding hydrogens is 507 g/mol. The Bertz CT molecular complexity index is 820. The third-order valence-corrected chi connectivity index (χ3v) is 4.99. The van der Waals surface area contributed by atoms with Gasteiger partial charge in [-0.1, -0.05) is 36.4 Å². The normalized spacial score (nSPS) is 16.9. The third kappa shape index (κ3) is 8.44. The summed E-state index contributed by atoms with van der Waals surface area (Å²) in [6, 6.07) is 14.3. The molecule has 31 heavy (non-hydrogen) atoms. The number of rotatable bonds is 9. The highest BCUT2D eigenvalue weighted by atomic mass is 127. The summed E-state index contributed by atoms with van der Waals surface area (Å²) < 4.78 is 11.4. The molecule has 2 aromatic carbocycles. The van der Waals surface area contributed by atoms with Crippen LogP contribution in [-0.2, 0) is 4.74 Å². The van der Waals surface area contributed by atoms with Gasteiger partial charge in [0.25, 0.3) is 0 Å². The Balaban J connectivity index is 0.00000341. The molecule has 0 amide bonds. The summed E-state index contributed by atoms with van der Waals surface area (Å²) in [4.78, 5) is 6.80. The SMILES string of the molecule is CCNC(=NCC(C)(O)CN1CCOCC1)NCCOc1cccc2ccccc12.I. The average Bonchev–Trinajstić information content (AvgIpc) is 2.75. The van der Waals surface area contributed by atoms with Crippen molar-refractivity contribution in [2.24, 2.45) is 4.99 Å². The van der Waals surface area contributed by atoms with Crippen molar-refractivity contribution in [3.05, 3.63) is 42.5 Å². The number of fused-ring (bicyclic) bond motifs is 1. The van der Waals surface area contributed by atoms with Gasteiger partial charge in [0, 0.05) is 31.6 Å². The smallest absolute Gasteiger partial charge is 0.191 e. The average molecular weight is 542 g/mol.